The van der Waals surface area contributed by atoms with Crippen LogP contribution in [0.3, 0.4) is 0 Å². The summed E-state index contributed by atoms with van der Waals surface area (Å²) in [7, 11) is 0. The third kappa shape index (κ3) is 4.24. The van der Waals surface area contributed by atoms with Crippen molar-refractivity contribution in [1.82, 2.24) is 0 Å². The zero-order valence-electron chi connectivity index (χ0n) is 11.2. The van der Waals surface area contributed by atoms with Gasteiger partial charge >= 0.3 is 12.4 Å². The summed E-state index contributed by atoms with van der Waals surface area (Å²) in [5.41, 5.74) is -2.64. The minimum absolute atomic E-state index is 0.00282. The van der Waals surface area contributed by atoms with E-state index in [9.17, 15) is 31.1 Å². The van der Waals surface area contributed by atoms with Crippen LogP contribution in [0.2, 0.25) is 0 Å². The summed E-state index contributed by atoms with van der Waals surface area (Å²) < 4.78 is 81.3. The summed E-state index contributed by atoms with van der Waals surface area (Å²) in [4.78, 5) is 10.5. The minimum Gasteiger partial charge on any atom is -0.457 e. The summed E-state index contributed by atoms with van der Waals surface area (Å²) in [5.74, 6) is -0.603. The van der Waals surface area contributed by atoms with E-state index in [0.29, 0.717) is 18.4 Å². The number of carbonyl (C=O) groups is 1. The Morgan fingerprint density at radius 3 is 1.61 bits per heavy atom. The number of aldehydes is 1. The quantitative estimate of drug-likeness (QED) is 0.560. The Morgan fingerprint density at radius 2 is 1.22 bits per heavy atom. The Hall–Kier alpha value is -2.51. The van der Waals surface area contributed by atoms with Crippen LogP contribution in [0.1, 0.15) is 21.5 Å². The number of hydrogen-bond acceptors (Lipinski definition) is 2. The zero-order valence-corrected chi connectivity index (χ0v) is 11.2. The maximum Gasteiger partial charge on any atom is 0.416 e. The Labute approximate surface area is 126 Å². The number of alkyl halides is 6. The van der Waals surface area contributed by atoms with Crippen molar-refractivity contribution in [2.24, 2.45) is 0 Å². The lowest BCUT2D eigenvalue weighted by atomic mass is 10.1. The SMILES string of the molecule is O=Cc1ccc(Oc2cc(C(F)(F)F)cc(C(F)(F)F)c2)cc1. The first-order valence-electron chi connectivity index (χ1n) is 6.12. The largest absolute Gasteiger partial charge is 0.457 e. The van der Waals surface area contributed by atoms with Crippen LogP contribution in [0.15, 0.2) is 42.5 Å². The van der Waals surface area contributed by atoms with Crippen molar-refractivity contribution in [3.63, 3.8) is 0 Å². The van der Waals surface area contributed by atoms with Crippen LogP contribution in [0.25, 0.3) is 0 Å². The van der Waals surface area contributed by atoms with E-state index >= 15 is 0 Å². The molecule has 0 heterocycles. The van der Waals surface area contributed by atoms with Gasteiger partial charge < -0.3 is 4.74 Å². The van der Waals surface area contributed by atoms with Gasteiger partial charge in [0.2, 0.25) is 0 Å². The molecule has 2 aromatic carbocycles. The first-order chi connectivity index (χ1) is 10.6. The number of rotatable bonds is 3. The van der Waals surface area contributed by atoms with Crippen LogP contribution in [0, 0.1) is 0 Å². The van der Waals surface area contributed by atoms with E-state index in [0.717, 1.165) is 0 Å². The maximum absolute atomic E-state index is 12.7. The van der Waals surface area contributed by atoms with Crippen molar-refractivity contribution in [2.75, 3.05) is 0 Å². The van der Waals surface area contributed by atoms with E-state index in [-0.39, 0.29) is 17.4 Å². The summed E-state index contributed by atoms with van der Waals surface area (Å²) >= 11 is 0. The molecule has 2 aromatic rings. The molecule has 0 spiro atoms. The molecule has 0 aliphatic rings. The molecule has 0 aliphatic heterocycles. The maximum atomic E-state index is 12.7. The van der Waals surface area contributed by atoms with Crippen LogP contribution >= 0.6 is 0 Å². The Morgan fingerprint density at radius 1 is 0.739 bits per heavy atom. The molecule has 0 atom stereocenters. The monoisotopic (exact) mass is 334 g/mol. The second kappa shape index (κ2) is 5.94. The highest BCUT2D eigenvalue weighted by Gasteiger charge is 2.37. The minimum atomic E-state index is -4.94. The highest BCUT2D eigenvalue weighted by molar-refractivity contribution is 5.74. The van der Waals surface area contributed by atoms with E-state index in [1.165, 1.54) is 24.3 Å². The van der Waals surface area contributed by atoms with Crippen molar-refractivity contribution in [1.29, 1.82) is 0 Å². The molecule has 0 unspecified atom stereocenters. The van der Waals surface area contributed by atoms with Crippen molar-refractivity contribution in [3.05, 3.63) is 59.2 Å². The average molecular weight is 334 g/mol. The molecule has 0 bridgehead atoms. The smallest absolute Gasteiger partial charge is 0.416 e. The highest BCUT2D eigenvalue weighted by atomic mass is 19.4. The fraction of sp³-hybridized carbons (Fsp3) is 0.133. The average Bonchev–Trinajstić information content (AvgIpc) is 2.46. The van der Waals surface area contributed by atoms with Crippen molar-refractivity contribution in [3.8, 4) is 11.5 Å². The second-order valence-corrected chi connectivity index (χ2v) is 4.53. The van der Waals surface area contributed by atoms with Gasteiger partial charge in [-0.05, 0) is 42.5 Å². The van der Waals surface area contributed by atoms with Gasteiger partial charge in [-0.2, -0.15) is 26.3 Å². The molecule has 2 rings (SSSR count). The van der Waals surface area contributed by atoms with E-state index in [1.807, 2.05) is 0 Å². The molecule has 0 N–H and O–H groups in total. The summed E-state index contributed by atoms with van der Waals surface area (Å²) in [6, 6.07) is 6.13. The summed E-state index contributed by atoms with van der Waals surface area (Å²) in [6.07, 6.45) is -9.35. The van der Waals surface area contributed by atoms with Crippen LogP contribution < -0.4 is 4.74 Å². The molecule has 0 amide bonds. The molecular weight excluding hydrogens is 326 g/mol. The standard InChI is InChI=1S/C15H8F6O2/c16-14(17,18)10-5-11(15(19,20)21)7-13(6-10)23-12-3-1-9(8-22)2-4-12/h1-8H. The second-order valence-electron chi connectivity index (χ2n) is 4.53. The fourth-order valence-corrected chi connectivity index (χ4v) is 1.74. The van der Waals surface area contributed by atoms with Gasteiger partial charge in [-0.3, -0.25) is 4.79 Å². The van der Waals surface area contributed by atoms with Gasteiger partial charge in [0.25, 0.3) is 0 Å². The first-order valence-corrected chi connectivity index (χ1v) is 6.12. The van der Waals surface area contributed by atoms with Gasteiger partial charge in [0.05, 0.1) is 11.1 Å². The third-order valence-electron chi connectivity index (χ3n) is 2.81. The predicted octanol–water partition coefficient (Wildman–Crippen LogP) is 5.33. The normalized spacial score (nSPS) is 12.1. The van der Waals surface area contributed by atoms with E-state index in [1.54, 1.807) is 0 Å². The van der Waals surface area contributed by atoms with Gasteiger partial charge in [-0.15, -0.1) is 0 Å². The first kappa shape index (κ1) is 16.9. The molecule has 122 valence electrons. The lowest BCUT2D eigenvalue weighted by molar-refractivity contribution is -0.143. The zero-order chi connectivity index (χ0) is 17.3. The van der Waals surface area contributed by atoms with E-state index < -0.39 is 29.2 Å². The molecule has 23 heavy (non-hydrogen) atoms. The number of carbonyl (C=O) groups excluding carboxylic acids is 1. The Balaban J connectivity index is 2.42. The number of ether oxygens (including phenoxy) is 1. The predicted molar refractivity (Wildman–Crippen MR) is 68.3 cm³/mol. The Kier molecular flexibility index (Phi) is 4.35. The molecule has 2 nitrogen and oxygen atoms in total. The Bertz CT molecular complexity index is 669. The van der Waals surface area contributed by atoms with Crippen LogP contribution in [0.4, 0.5) is 26.3 Å². The summed E-state index contributed by atoms with van der Waals surface area (Å²) in [5, 5.41) is 0. The van der Waals surface area contributed by atoms with Gasteiger partial charge in [0.15, 0.2) is 0 Å². The van der Waals surface area contributed by atoms with E-state index in [2.05, 4.69) is 0 Å². The molecule has 0 aromatic heterocycles. The fourth-order valence-electron chi connectivity index (χ4n) is 1.74. The number of benzene rings is 2. The van der Waals surface area contributed by atoms with Crippen molar-refractivity contribution < 1.29 is 35.9 Å². The van der Waals surface area contributed by atoms with Gasteiger partial charge in [0, 0.05) is 5.56 Å². The highest BCUT2D eigenvalue weighted by Crippen LogP contribution is 2.39. The van der Waals surface area contributed by atoms with Gasteiger partial charge in [-0.1, -0.05) is 0 Å². The summed E-state index contributed by atoms with van der Waals surface area (Å²) in [6.45, 7) is 0. The van der Waals surface area contributed by atoms with Gasteiger partial charge in [0.1, 0.15) is 17.8 Å². The molecular formula is C15H8F6O2. The van der Waals surface area contributed by atoms with Crippen LogP contribution in [-0.4, -0.2) is 6.29 Å². The van der Waals surface area contributed by atoms with Gasteiger partial charge in [-0.25, -0.2) is 0 Å². The molecule has 0 saturated heterocycles. The number of halogens is 6. The lowest BCUT2D eigenvalue weighted by Gasteiger charge is -2.14. The van der Waals surface area contributed by atoms with Crippen LogP contribution in [-0.2, 0) is 12.4 Å². The number of hydrogen-bond donors (Lipinski definition) is 0. The molecule has 0 saturated carbocycles. The van der Waals surface area contributed by atoms with Crippen molar-refractivity contribution >= 4 is 6.29 Å². The lowest BCUT2D eigenvalue weighted by Crippen LogP contribution is -2.11. The molecule has 0 radical (unpaired) electrons. The topological polar surface area (TPSA) is 26.3 Å². The van der Waals surface area contributed by atoms with Crippen molar-refractivity contribution in [2.45, 2.75) is 12.4 Å². The molecule has 0 fully saturated rings. The van der Waals surface area contributed by atoms with E-state index in [4.69, 9.17) is 4.74 Å². The molecule has 8 heteroatoms. The third-order valence-corrected chi connectivity index (χ3v) is 2.81. The van der Waals surface area contributed by atoms with Crippen LogP contribution in [0.5, 0.6) is 11.5 Å². The molecule has 0 aliphatic carbocycles.